The number of rotatable bonds is 7. The first-order valence-electron chi connectivity index (χ1n) is 8.92. The molecule has 148 valence electrons. The van der Waals surface area contributed by atoms with E-state index in [-0.39, 0.29) is 19.0 Å². The van der Waals surface area contributed by atoms with Crippen LogP contribution in [0.5, 0.6) is 5.75 Å². The molecule has 0 aliphatic carbocycles. The lowest BCUT2D eigenvalue weighted by molar-refractivity contribution is -0.145. The lowest BCUT2D eigenvalue weighted by atomic mass is 10.2. The van der Waals surface area contributed by atoms with Crippen LogP contribution in [0.25, 0.3) is 10.2 Å². The summed E-state index contributed by atoms with van der Waals surface area (Å²) in [6.45, 7) is 6.36. The van der Waals surface area contributed by atoms with E-state index in [4.69, 9.17) is 26.8 Å². The molecule has 0 saturated carbocycles. The maximum Gasteiger partial charge on any atom is 0.306 e. The largest absolute Gasteiger partial charge is 0.494 e. The highest BCUT2D eigenvalue weighted by Crippen LogP contribution is 2.31. The summed E-state index contributed by atoms with van der Waals surface area (Å²) >= 11 is 7.55. The quantitative estimate of drug-likeness (QED) is 0.439. The van der Waals surface area contributed by atoms with Crippen LogP contribution in [0, 0.1) is 20.8 Å². The number of nitrogen functional groups attached to an aromatic ring is 1. The van der Waals surface area contributed by atoms with Gasteiger partial charge in [0.2, 0.25) is 0 Å². The first-order valence-corrected chi connectivity index (χ1v) is 10.1. The number of ether oxygens (including phenoxy) is 2. The Morgan fingerprint density at radius 2 is 2.04 bits per heavy atom. The number of nitrogens with zero attached hydrogens (tertiary/aromatic N) is 2. The summed E-state index contributed by atoms with van der Waals surface area (Å²) in [5, 5.41) is 1.58. The second kappa shape index (κ2) is 8.75. The van der Waals surface area contributed by atoms with Gasteiger partial charge in [0.1, 0.15) is 16.4 Å². The van der Waals surface area contributed by atoms with E-state index >= 15 is 0 Å². The lowest BCUT2D eigenvalue weighted by Gasteiger charge is -2.08. The van der Waals surface area contributed by atoms with Crippen LogP contribution in [0.2, 0.25) is 5.02 Å². The normalized spacial score (nSPS) is 11.0. The third-order valence-corrected chi connectivity index (χ3v) is 5.91. The van der Waals surface area contributed by atoms with Crippen molar-refractivity contribution in [3.05, 3.63) is 45.1 Å². The molecule has 2 heterocycles. The van der Waals surface area contributed by atoms with Gasteiger partial charge in [-0.3, -0.25) is 4.79 Å². The van der Waals surface area contributed by atoms with Gasteiger partial charge >= 0.3 is 5.97 Å². The van der Waals surface area contributed by atoms with E-state index in [1.54, 1.807) is 23.5 Å². The van der Waals surface area contributed by atoms with Crippen molar-refractivity contribution in [2.75, 3.05) is 12.3 Å². The summed E-state index contributed by atoms with van der Waals surface area (Å²) in [7, 11) is 0. The lowest BCUT2D eigenvalue weighted by Crippen LogP contribution is -2.09. The van der Waals surface area contributed by atoms with E-state index in [9.17, 15) is 4.79 Å². The number of hydrogen-bond acceptors (Lipinski definition) is 7. The fraction of sp³-hybridized carbons (Fsp3) is 0.350. The van der Waals surface area contributed by atoms with E-state index in [0.29, 0.717) is 29.7 Å². The minimum Gasteiger partial charge on any atom is -0.494 e. The highest BCUT2D eigenvalue weighted by molar-refractivity contribution is 7.18. The standard InChI is InChI=1S/C20H22ClN3O3S/c1-11-9-14(6-7-15(11)21)26-8-4-5-17(25)27-10-16-23-19(22)18-12(2)13(3)28-20(18)24-16/h6-7,9H,4-5,8,10H2,1-3H3,(H2,22,23,24). The molecule has 0 spiro atoms. The monoisotopic (exact) mass is 419 g/mol. The predicted molar refractivity (Wildman–Crippen MR) is 112 cm³/mol. The Bertz CT molecular complexity index is 1020. The van der Waals surface area contributed by atoms with Gasteiger partial charge < -0.3 is 15.2 Å². The van der Waals surface area contributed by atoms with Gasteiger partial charge in [0.05, 0.1) is 12.0 Å². The number of thiophene rings is 1. The number of carbonyl (C=O) groups excluding carboxylic acids is 1. The molecule has 2 N–H and O–H groups in total. The van der Waals surface area contributed by atoms with Crippen molar-refractivity contribution >= 4 is 44.9 Å². The molecular weight excluding hydrogens is 398 g/mol. The number of carbonyl (C=O) groups is 1. The zero-order valence-electron chi connectivity index (χ0n) is 16.0. The first-order chi connectivity index (χ1) is 13.3. The van der Waals surface area contributed by atoms with Gasteiger partial charge in [-0.2, -0.15) is 0 Å². The Labute approximate surface area is 172 Å². The number of esters is 1. The number of aromatic nitrogens is 2. The molecule has 0 aliphatic rings. The van der Waals surface area contributed by atoms with Gasteiger partial charge in [-0.25, -0.2) is 9.97 Å². The Morgan fingerprint density at radius 3 is 2.79 bits per heavy atom. The van der Waals surface area contributed by atoms with Crippen LogP contribution in [0.15, 0.2) is 18.2 Å². The number of anilines is 1. The van der Waals surface area contributed by atoms with Gasteiger partial charge in [0.25, 0.3) is 0 Å². The van der Waals surface area contributed by atoms with Crippen molar-refractivity contribution in [1.29, 1.82) is 0 Å². The molecule has 2 aromatic heterocycles. The fourth-order valence-corrected chi connectivity index (χ4v) is 3.90. The molecule has 0 atom stereocenters. The van der Waals surface area contributed by atoms with Crippen molar-refractivity contribution in [2.45, 2.75) is 40.2 Å². The van der Waals surface area contributed by atoms with Crippen LogP contribution in [-0.4, -0.2) is 22.5 Å². The van der Waals surface area contributed by atoms with E-state index in [2.05, 4.69) is 9.97 Å². The summed E-state index contributed by atoms with van der Waals surface area (Å²) in [5.74, 6) is 1.24. The van der Waals surface area contributed by atoms with E-state index in [1.165, 1.54) is 0 Å². The number of halogens is 1. The fourth-order valence-electron chi connectivity index (χ4n) is 2.72. The highest BCUT2D eigenvalue weighted by atomic mass is 35.5. The molecule has 0 unspecified atom stereocenters. The zero-order chi connectivity index (χ0) is 20.3. The van der Waals surface area contributed by atoms with Crippen molar-refractivity contribution < 1.29 is 14.3 Å². The smallest absolute Gasteiger partial charge is 0.306 e. The minimum absolute atomic E-state index is 0.00616. The SMILES string of the molecule is Cc1cc(OCCCC(=O)OCc2nc(N)c3c(C)c(C)sc3n2)ccc1Cl. The molecule has 1 aromatic carbocycles. The Hall–Kier alpha value is -2.38. The maximum absolute atomic E-state index is 12.0. The molecule has 0 aliphatic heterocycles. The van der Waals surface area contributed by atoms with Gasteiger partial charge in [0.15, 0.2) is 12.4 Å². The van der Waals surface area contributed by atoms with Crippen LogP contribution in [-0.2, 0) is 16.1 Å². The van der Waals surface area contributed by atoms with E-state index in [0.717, 1.165) is 32.0 Å². The van der Waals surface area contributed by atoms with Crippen LogP contribution in [0.1, 0.15) is 34.7 Å². The van der Waals surface area contributed by atoms with Crippen molar-refractivity contribution in [3.8, 4) is 5.75 Å². The van der Waals surface area contributed by atoms with Crippen molar-refractivity contribution in [3.63, 3.8) is 0 Å². The molecule has 0 fully saturated rings. The zero-order valence-corrected chi connectivity index (χ0v) is 17.6. The molecule has 8 heteroatoms. The van der Waals surface area contributed by atoms with Gasteiger partial charge in [0, 0.05) is 16.3 Å². The number of aryl methyl sites for hydroxylation is 3. The van der Waals surface area contributed by atoms with Gasteiger partial charge in [-0.15, -0.1) is 11.3 Å². The number of benzene rings is 1. The van der Waals surface area contributed by atoms with E-state index in [1.807, 2.05) is 26.8 Å². The Morgan fingerprint density at radius 1 is 1.25 bits per heavy atom. The van der Waals surface area contributed by atoms with Crippen molar-refractivity contribution in [1.82, 2.24) is 9.97 Å². The molecule has 28 heavy (non-hydrogen) atoms. The summed E-state index contributed by atoms with van der Waals surface area (Å²) in [5.41, 5.74) is 8.09. The van der Waals surface area contributed by atoms with Crippen LogP contribution in [0.3, 0.4) is 0 Å². The summed E-state index contributed by atoms with van der Waals surface area (Å²) in [6.07, 6.45) is 0.799. The van der Waals surface area contributed by atoms with Crippen LogP contribution < -0.4 is 10.5 Å². The molecule has 0 radical (unpaired) electrons. The Kier molecular flexibility index (Phi) is 6.36. The van der Waals surface area contributed by atoms with Crippen LogP contribution in [0.4, 0.5) is 5.82 Å². The Balaban J connectivity index is 1.46. The molecule has 0 bridgehead atoms. The molecule has 0 amide bonds. The predicted octanol–water partition coefficient (Wildman–Crippen LogP) is 4.75. The van der Waals surface area contributed by atoms with Crippen molar-refractivity contribution in [2.24, 2.45) is 0 Å². The van der Waals surface area contributed by atoms with Gasteiger partial charge in [-0.1, -0.05) is 11.6 Å². The first kappa shape index (κ1) is 20.4. The third kappa shape index (κ3) is 4.72. The van der Waals surface area contributed by atoms with Crippen LogP contribution >= 0.6 is 22.9 Å². The summed E-state index contributed by atoms with van der Waals surface area (Å²) < 4.78 is 10.9. The summed E-state index contributed by atoms with van der Waals surface area (Å²) in [6, 6.07) is 5.46. The third-order valence-electron chi connectivity index (χ3n) is 4.39. The van der Waals surface area contributed by atoms with Gasteiger partial charge in [-0.05, 0) is 56.5 Å². The topological polar surface area (TPSA) is 87.3 Å². The molecular formula is C20H22ClN3O3S. The average molecular weight is 420 g/mol. The molecule has 3 aromatic rings. The average Bonchev–Trinajstić information content (AvgIpc) is 2.94. The number of nitrogens with two attached hydrogens (primary N) is 1. The number of hydrogen-bond donors (Lipinski definition) is 1. The molecule has 0 saturated heterocycles. The number of fused-ring (bicyclic) bond motifs is 1. The molecule has 3 rings (SSSR count). The minimum atomic E-state index is -0.323. The second-order valence-electron chi connectivity index (χ2n) is 6.51. The molecule has 6 nitrogen and oxygen atoms in total. The highest BCUT2D eigenvalue weighted by Gasteiger charge is 2.13. The maximum atomic E-state index is 12.0. The van der Waals surface area contributed by atoms with E-state index < -0.39 is 0 Å². The second-order valence-corrected chi connectivity index (χ2v) is 8.12. The summed E-state index contributed by atoms with van der Waals surface area (Å²) in [4.78, 5) is 22.6.